The van der Waals surface area contributed by atoms with Gasteiger partial charge in [-0.15, -0.1) is 0 Å². The molecule has 3 rings (SSSR count). The van der Waals surface area contributed by atoms with Gasteiger partial charge >= 0.3 is 17.9 Å². The van der Waals surface area contributed by atoms with E-state index in [2.05, 4.69) is 4.98 Å². The maximum absolute atomic E-state index is 13.1. The first-order chi connectivity index (χ1) is 15.4. The number of rotatable bonds is 9. The summed E-state index contributed by atoms with van der Waals surface area (Å²) in [6.45, 7) is 5.70. The molecule has 1 aliphatic rings. The minimum absolute atomic E-state index is 0.0613. The first-order valence-electron chi connectivity index (χ1n) is 10.6. The van der Waals surface area contributed by atoms with Crippen molar-refractivity contribution in [3.63, 3.8) is 0 Å². The summed E-state index contributed by atoms with van der Waals surface area (Å²) in [5.74, 6) is -1.98. The molecule has 2 aromatic rings. The van der Waals surface area contributed by atoms with Crippen LogP contribution in [0.1, 0.15) is 75.8 Å². The fraction of sp³-hybridized carbons (Fsp3) is 0.435. The van der Waals surface area contributed by atoms with E-state index in [0.717, 1.165) is 11.1 Å². The molecule has 0 N–H and O–H groups in total. The average molecular weight is 442 g/mol. The third-order valence-corrected chi connectivity index (χ3v) is 5.08. The number of esters is 3. The van der Waals surface area contributed by atoms with Crippen LogP contribution in [0.5, 0.6) is 0 Å². The Morgan fingerprint density at radius 1 is 1.03 bits per heavy atom. The van der Waals surface area contributed by atoms with Crippen molar-refractivity contribution in [2.75, 3.05) is 19.8 Å². The molecule has 0 amide bonds. The molecule has 0 radical (unpaired) electrons. The molecule has 1 aromatic heterocycles. The minimum Gasteiger partial charge on any atom is -0.466 e. The largest absolute Gasteiger partial charge is 0.466 e. The molecule has 1 aromatic carbocycles. The fourth-order valence-corrected chi connectivity index (χ4v) is 3.68. The topological polar surface area (TPSA) is 114 Å². The standard InChI is InChI=1S/C23H26N2O7/c1-4-30-19(26)10-8-14-7-9-16-15(11-14)12-18(20(16)27)25-13-17(22(28)31-5-2)24-21(25)23(29)32-6-3/h7,9,11,13,18H,4-6,8,10,12H2,1-3H3. The number of carbonyl (C=O) groups excluding carboxylic acids is 4. The van der Waals surface area contributed by atoms with E-state index in [1.807, 2.05) is 12.1 Å². The molecule has 0 bridgehead atoms. The predicted molar refractivity (Wildman–Crippen MR) is 113 cm³/mol. The second kappa shape index (κ2) is 10.2. The molecule has 1 unspecified atom stereocenters. The normalized spacial score (nSPS) is 14.7. The molecule has 0 saturated carbocycles. The van der Waals surface area contributed by atoms with Gasteiger partial charge in [0.05, 0.1) is 19.8 Å². The highest BCUT2D eigenvalue weighted by molar-refractivity contribution is 6.04. The van der Waals surface area contributed by atoms with Gasteiger partial charge in [-0.1, -0.05) is 18.2 Å². The van der Waals surface area contributed by atoms with Crippen LogP contribution < -0.4 is 0 Å². The molecule has 170 valence electrons. The molecule has 0 fully saturated rings. The van der Waals surface area contributed by atoms with Crippen LogP contribution in [0.4, 0.5) is 0 Å². The molecule has 1 aliphatic carbocycles. The monoisotopic (exact) mass is 442 g/mol. The van der Waals surface area contributed by atoms with E-state index in [4.69, 9.17) is 14.2 Å². The van der Waals surface area contributed by atoms with Crippen molar-refractivity contribution in [3.05, 3.63) is 52.6 Å². The van der Waals surface area contributed by atoms with Crippen LogP contribution in [0.2, 0.25) is 0 Å². The van der Waals surface area contributed by atoms with Crippen LogP contribution in [-0.2, 0) is 31.8 Å². The SMILES string of the molecule is CCOC(=O)CCc1ccc2c(c1)CC(n1cc(C(=O)OCC)nc1C(=O)OCC)C2=O. The van der Waals surface area contributed by atoms with Crippen LogP contribution in [0.3, 0.4) is 0 Å². The van der Waals surface area contributed by atoms with Gasteiger partial charge in [-0.25, -0.2) is 14.6 Å². The summed E-state index contributed by atoms with van der Waals surface area (Å²) >= 11 is 0. The van der Waals surface area contributed by atoms with Crippen molar-refractivity contribution in [1.29, 1.82) is 0 Å². The van der Waals surface area contributed by atoms with Crippen molar-refractivity contribution in [2.24, 2.45) is 0 Å². The lowest BCUT2D eigenvalue weighted by Crippen LogP contribution is -2.21. The van der Waals surface area contributed by atoms with Crippen molar-refractivity contribution >= 4 is 23.7 Å². The molecular formula is C23H26N2O7. The highest BCUT2D eigenvalue weighted by atomic mass is 16.5. The molecule has 0 spiro atoms. The molecule has 9 nitrogen and oxygen atoms in total. The van der Waals surface area contributed by atoms with Gasteiger partial charge in [0.1, 0.15) is 6.04 Å². The number of ketones is 1. The third-order valence-electron chi connectivity index (χ3n) is 5.08. The summed E-state index contributed by atoms with van der Waals surface area (Å²) in [6, 6.07) is 4.69. The number of hydrogen-bond acceptors (Lipinski definition) is 8. The van der Waals surface area contributed by atoms with Gasteiger partial charge in [-0.3, -0.25) is 9.59 Å². The van der Waals surface area contributed by atoms with E-state index < -0.39 is 18.0 Å². The van der Waals surface area contributed by atoms with E-state index in [9.17, 15) is 19.2 Å². The van der Waals surface area contributed by atoms with Crippen molar-refractivity contribution < 1.29 is 33.4 Å². The van der Waals surface area contributed by atoms with Gasteiger partial charge in [0.25, 0.3) is 0 Å². The lowest BCUT2D eigenvalue weighted by molar-refractivity contribution is -0.143. The smallest absolute Gasteiger partial charge is 0.374 e. The lowest BCUT2D eigenvalue weighted by atomic mass is 10.0. The van der Waals surface area contributed by atoms with Crippen molar-refractivity contribution in [3.8, 4) is 0 Å². The Balaban J connectivity index is 1.87. The quantitative estimate of drug-likeness (QED) is 0.430. The zero-order valence-electron chi connectivity index (χ0n) is 18.4. The number of Topliss-reactive ketones (excluding diaryl/α,β-unsaturated/α-hetero) is 1. The maximum atomic E-state index is 13.1. The number of hydrogen-bond donors (Lipinski definition) is 0. The average Bonchev–Trinajstić information content (AvgIpc) is 3.34. The highest BCUT2D eigenvalue weighted by Crippen LogP contribution is 2.32. The molecule has 9 heteroatoms. The number of aromatic nitrogens is 2. The van der Waals surface area contributed by atoms with Crippen LogP contribution in [-0.4, -0.2) is 53.1 Å². The number of fused-ring (bicyclic) bond motifs is 1. The fourth-order valence-electron chi connectivity index (χ4n) is 3.68. The molecule has 1 atom stereocenters. The second-order valence-corrected chi connectivity index (χ2v) is 7.18. The molecule has 0 aliphatic heterocycles. The van der Waals surface area contributed by atoms with E-state index in [-0.39, 0.29) is 42.9 Å². The van der Waals surface area contributed by atoms with Gasteiger partial charge in [0.2, 0.25) is 5.82 Å². The first-order valence-corrected chi connectivity index (χ1v) is 10.6. The van der Waals surface area contributed by atoms with Crippen LogP contribution in [0.15, 0.2) is 24.4 Å². The van der Waals surface area contributed by atoms with Gasteiger partial charge in [-0.05, 0) is 38.3 Å². The highest BCUT2D eigenvalue weighted by Gasteiger charge is 2.36. The summed E-state index contributed by atoms with van der Waals surface area (Å²) in [4.78, 5) is 53.4. The molecule has 32 heavy (non-hydrogen) atoms. The van der Waals surface area contributed by atoms with E-state index in [1.165, 1.54) is 10.8 Å². The lowest BCUT2D eigenvalue weighted by Gasteiger charge is -2.12. The molecule has 0 saturated heterocycles. The van der Waals surface area contributed by atoms with Crippen LogP contribution >= 0.6 is 0 Å². The van der Waals surface area contributed by atoms with Gasteiger partial charge < -0.3 is 18.8 Å². The summed E-state index contributed by atoms with van der Waals surface area (Å²) in [7, 11) is 0. The number of carbonyl (C=O) groups is 4. The molecular weight excluding hydrogens is 416 g/mol. The molecule has 1 heterocycles. The first kappa shape index (κ1) is 23.2. The number of benzene rings is 1. The summed E-state index contributed by atoms with van der Waals surface area (Å²) in [6.07, 6.45) is 2.44. The Bertz CT molecular complexity index is 1040. The third kappa shape index (κ3) is 4.87. The summed E-state index contributed by atoms with van der Waals surface area (Å²) in [5, 5.41) is 0. The zero-order chi connectivity index (χ0) is 23.3. The van der Waals surface area contributed by atoms with Crippen LogP contribution in [0, 0.1) is 0 Å². The number of aryl methyl sites for hydroxylation is 1. The van der Waals surface area contributed by atoms with Crippen LogP contribution in [0.25, 0.3) is 0 Å². The maximum Gasteiger partial charge on any atom is 0.374 e. The number of imidazole rings is 1. The Morgan fingerprint density at radius 2 is 1.72 bits per heavy atom. The number of nitrogens with zero attached hydrogens (tertiary/aromatic N) is 2. The summed E-state index contributed by atoms with van der Waals surface area (Å²) < 4.78 is 16.4. The Morgan fingerprint density at radius 3 is 2.41 bits per heavy atom. The second-order valence-electron chi connectivity index (χ2n) is 7.18. The van der Waals surface area contributed by atoms with Gasteiger partial charge in [0.15, 0.2) is 11.5 Å². The number of ether oxygens (including phenoxy) is 3. The van der Waals surface area contributed by atoms with Crippen molar-refractivity contribution in [1.82, 2.24) is 9.55 Å². The minimum atomic E-state index is -0.736. The Hall–Kier alpha value is -3.49. The Labute approximate surface area is 185 Å². The van der Waals surface area contributed by atoms with Gasteiger partial charge in [0, 0.05) is 24.6 Å². The van der Waals surface area contributed by atoms with Crippen molar-refractivity contribution in [2.45, 2.75) is 46.1 Å². The predicted octanol–water partition coefficient (Wildman–Crippen LogP) is 2.71. The van der Waals surface area contributed by atoms with E-state index in [0.29, 0.717) is 25.0 Å². The van der Waals surface area contributed by atoms with Gasteiger partial charge in [-0.2, -0.15) is 0 Å². The zero-order valence-corrected chi connectivity index (χ0v) is 18.4. The summed E-state index contributed by atoms with van der Waals surface area (Å²) in [5.41, 5.74) is 2.20. The van der Waals surface area contributed by atoms with E-state index >= 15 is 0 Å². The van der Waals surface area contributed by atoms with E-state index in [1.54, 1.807) is 26.8 Å². The Kier molecular flexibility index (Phi) is 7.40.